The zero-order chi connectivity index (χ0) is 18.8. The molecule has 2 heterocycles. The number of carbonyl (C=O) groups is 3. The number of nitriles is 1. The van der Waals surface area contributed by atoms with Crippen LogP contribution in [0.5, 0.6) is 0 Å². The van der Waals surface area contributed by atoms with Crippen LogP contribution in [0.2, 0.25) is 5.02 Å². The smallest absolute Gasteiger partial charge is 0.350 e. The molecule has 0 radical (unpaired) electrons. The van der Waals surface area contributed by atoms with Crippen LogP contribution in [0, 0.1) is 11.3 Å². The first kappa shape index (κ1) is 17.7. The third kappa shape index (κ3) is 3.06. The molecule has 2 aromatic rings. The number of amides is 2. The van der Waals surface area contributed by atoms with Gasteiger partial charge in [0.15, 0.2) is 0 Å². The number of benzene rings is 1. The lowest BCUT2D eigenvalue weighted by Crippen LogP contribution is -2.18. The Morgan fingerprint density at radius 1 is 1.35 bits per heavy atom. The van der Waals surface area contributed by atoms with E-state index in [0.717, 1.165) is 11.3 Å². The van der Waals surface area contributed by atoms with Crippen molar-refractivity contribution in [2.24, 2.45) is 0 Å². The van der Waals surface area contributed by atoms with Crippen molar-refractivity contribution >= 4 is 57.7 Å². The van der Waals surface area contributed by atoms with Gasteiger partial charge in [0.25, 0.3) is 11.8 Å². The number of rotatable bonds is 3. The van der Waals surface area contributed by atoms with Crippen LogP contribution in [0.15, 0.2) is 35.2 Å². The zero-order valence-electron chi connectivity index (χ0n) is 13.3. The standard InChI is InChI=1S/C17H10ClN3O4S/c1-25-17(24)14-12(4-5-26-14)21-15(22)10(7-19)13-9-6-8(18)2-3-11(9)20-16(13)23/h2-6H,1H3,(H,20,23)(H,21,22). The summed E-state index contributed by atoms with van der Waals surface area (Å²) < 4.78 is 4.64. The van der Waals surface area contributed by atoms with Gasteiger partial charge < -0.3 is 15.4 Å². The molecule has 0 spiro atoms. The number of ether oxygens (including phenoxy) is 1. The molecule has 9 heteroatoms. The van der Waals surface area contributed by atoms with Crippen LogP contribution < -0.4 is 10.6 Å². The molecule has 130 valence electrons. The lowest BCUT2D eigenvalue weighted by atomic mass is 10.0. The third-order valence-corrected chi connectivity index (χ3v) is 4.73. The largest absolute Gasteiger partial charge is 0.465 e. The first-order valence-electron chi connectivity index (χ1n) is 7.19. The third-order valence-electron chi connectivity index (χ3n) is 3.60. The Bertz CT molecular complexity index is 1020. The maximum Gasteiger partial charge on any atom is 0.350 e. The van der Waals surface area contributed by atoms with Gasteiger partial charge in [-0.3, -0.25) is 9.59 Å². The minimum Gasteiger partial charge on any atom is -0.465 e. The molecule has 2 N–H and O–H groups in total. The van der Waals surface area contributed by atoms with E-state index in [2.05, 4.69) is 15.4 Å². The molecular weight excluding hydrogens is 378 g/mol. The number of nitrogens with zero attached hydrogens (tertiary/aromatic N) is 1. The summed E-state index contributed by atoms with van der Waals surface area (Å²) >= 11 is 7.04. The Morgan fingerprint density at radius 2 is 2.12 bits per heavy atom. The first-order valence-corrected chi connectivity index (χ1v) is 8.44. The number of hydrogen-bond donors (Lipinski definition) is 2. The van der Waals surface area contributed by atoms with Gasteiger partial charge in [0.1, 0.15) is 16.5 Å². The van der Waals surface area contributed by atoms with E-state index in [1.54, 1.807) is 23.6 Å². The molecule has 26 heavy (non-hydrogen) atoms. The van der Waals surface area contributed by atoms with Crippen molar-refractivity contribution in [2.75, 3.05) is 17.7 Å². The van der Waals surface area contributed by atoms with Gasteiger partial charge in [-0.1, -0.05) is 11.6 Å². The van der Waals surface area contributed by atoms with E-state index >= 15 is 0 Å². The molecule has 0 saturated heterocycles. The predicted molar refractivity (Wildman–Crippen MR) is 96.9 cm³/mol. The lowest BCUT2D eigenvalue weighted by molar-refractivity contribution is -0.113. The molecule has 0 aliphatic carbocycles. The van der Waals surface area contributed by atoms with E-state index in [0.29, 0.717) is 16.3 Å². The number of esters is 1. The summed E-state index contributed by atoms with van der Waals surface area (Å²) in [4.78, 5) is 36.7. The van der Waals surface area contributed by atoms with Gasteiger partial charge in [0.05, 0.1) is 18.4 Å². The van der Waals surface area contributed by atoms with Crippen LogP contribution in [0.4, 0.5) is 11.4 Å². The second-order valence-corrected chi connectivity index (χ2v) is 6.47. The van der Waals surface area contributed by atoms with Crippen LogP contribution in [0.3, 0.4) is 0 Å². The maximum absolute atomic E-state index is 12.6. The minimum absolute atomic E-state index is 0.0719. The van der Waals surface area contributed by atoms with Crippen molar-refractivity contribution in [1.82, 2.24) is 0 Å². The molecule has 1 aliphatic heterocycles. The summed E-state index contributed by atoms with van der Waals surface area (Å²) in [5, 5.41) is 16.5. The minimum atomic E-state index is -0.811. The number of hydrogen-bond acceptors (Lipinski definition) is 6. The van der Waals surface area contributed by atoms with Crippen LogP contribution >= 0.6 is 22.9 Å². The van der Waals surface area contributed by atoms with Crippen molar-refractivity contribution in [1.29, 1.82) is 5.26 Å². The fourth-order valence-corrected chi connectivity index (χ4v) is 3.39. The molecule has 0 unspecified atom stereocenters. The summed E-state index contributed by atoms with van der Waals surface area (Å²) in [5.74, 6) is -2.00. The molecule has 7 nitrogen and oxygen atoms in total. The molecule has 0 bridgehead atoms. The summed E-state index contributed by atoms with van der Waals surface area (Å²) in [6, 6.07) is 7.94. The highest BCUT2D eigenvalue weighted by Gasteiger charge is 2.31. The molecule has 1 aliphatic rings. The van der Waals surface area contributed by atoms with Gasteiger partial charge in [0.2, 0.25) is 0 Å². The van der Waals surface area contributed by atoms with Gasteiger partial charge in [-0.25, -0.2) is 4.79 Å². The summed E-state index contributed by atoms with van der Waals surface area (Å²) in [6.45, 7) is 0. The monoisotopic (exact) mass is 387 g/mol. The Hall–Kier alpha value is -3.15. The van der Waals surface area contributed by atoms with Crippen molar-refractivity contribution in [3.8, 4) is 6.07 Å². The Labute approximate surface area is 156 Å². The average Bonchev–Trinajstić information content (AvgIpc) is 3.20. The number of halogens is 1. The highest BCUT2D eigenvalue weighted by atomic mass is 35.5. The summed E-state index contributed by atoms with van der Waals surface area (Å²) in [6.07, 6.45) is 0. The Morgan fingerprint density at radius 3 is 2.81 bits per heavy atom. The summed E-state index contributed by atoms with van der Waals surface area (Å²) in [5.41, 5.74) is 0.571. The van der Waals surface area contributed by atoms with E-state index in [-0.39, 0.29) is 21.7 Å². The van der Waals surface area contributed by atoms with E-state index < -0.39 is 17.8 Å². The normalized spacial score (nSPS) is 14.1. The Balaban J connectivity index is 2.02. The number of anilines is 2. The molecule has 1 aromatic carbocycles. The topological polar surface area (TPSA) is 108 Å². The van der Waals surface area contributed by atoms with Gasteiger partial charge in [-0.05, 0) is 29.6 Å². The molecule has 3 rings (SSSR count). The molecule has 1 aromatic heterocycles. The number of carbonyl (C=O) groups excluding carboxylic acids is 3. The van der Waals surface area contributed by atoms with Gasteiger partial charge in [-0.15, -0.1) is 11.3 Å². The molecule has 0 saturated carbocycles. The van der Waals surface area contributed by atoms with Crippen molar-refractivity contribution < 1.29 is 19.1 Å². The SMILES string of the molecule is COC(=O)c1sccc1NC(=O)C(C#N)=C1C(=O)Nc2ccc(Cl)cc21. The number of fused-ring (bicyclic) bond motifs is 1. The molecule has 2 amide bonds. The van der Waals surface area contributed by atoms with Gasteiger partial charge in [0, 0.05) is 16.3 Å². The van der Waals surface area contributed by atoms with E-state index in [1.165, 1.54) is 19.2 Å². The van der Waals surface area contributed by atoms with E-state index in [9.17, 15) is 19.6 Å². The van der Waals surface area contributed by atoms with E-state index in [1.807, 2.05) is 0 Å². The van der Waals surface area contributed by atoms with Crippen molar-refractivity contribution in [2.45, 2.75) is 0 Å². The van der Waals surface area contributed by atoms with Crippen molar-refractivity contribution in [3.63, 3.8) is 0 Å². The molecular formula is C17H10ClN3O4S. The van der Waals surface area contributed by atoms with Gasteiger partial charge >= 0.3 is 5.97 Å². The number of methoxy groups -OCH3 is 1. The highest BCUT2D eigenvalue weighted by Crippen LogP contribution is 2.36. The highest BCUT2D eigenvalue weighted by molar-refractivity contribution is 7.12. The molecule has 0 fully saturated rings. The molecule has 0 atom stereocenters. The first-order chi connectivity index (χ1) is 12.5. The Kier molecular flexibility index (Phi) is 4.75. The second-order valence-electron chi connectivity index (χ2n) is 5.11. The van der Waals surface area contributed by atoms with Crippen molar-refractivity contribution in [3.05, 3.63) is 50.7 Å². The summed E-state index contributed by atoms with van der Waals surface area (Å²) in [7, 11) is 1.22. The fourth-order valence-electron chi connectivity index (χ4n) is 2.45. The average molecular weight is 388 g/mol. The quantitative estimate of drug-likeness (QED) is 0.478. The fraction of sp³-hybridized carbons (Fsp3) is 0.0588. The maximum atomic E-state index is 12.6. The van der Waals surface area contributed by atoms with E-state index in [4.69, 9.17) is 11.6 Å². The second kappa shape index (κ2) is 7.00. The van der Waals surface area contributed by atoms with Crippen LogP contribution in [0.25, 0.3) is 5.57 Å². The predicted octanol–water partition coefficient (Wildman–Crippen LogP) is 3.06. The van der Waals surface area contributed by atoms with Gasteiger partial charge in [-0.2, -0.15) is 5.26 Å². The zero-order valence-corrected chi connectivity index (χ0v) is 14.8. The van der Waals surface area contributed by atoms with Crippen LogP contribution in [-0.2, 0) is 14.3 Å². The number of thiophene rings is 1. The lowest BCUT2D eigenvalue weighted by Gasteiger charge is -2.06. The van der Waals surface area contributed by atoms with Crippen LogP contribution in [-0.4, -0.2) is 24.9 Å². The van der Waals surface area contributed by atoms with Crippen LogP contribution in [0.1, 0.15) is 15.2 Å². The number of nitrogens with one attached hydrogen (secondary N) is 2.